The van der Waals surface area contributed by atoms with E-state index in [9.17, 15) is 18.8 Å². The normalized spacial score (nSPS) is 22.2. The van der Waals surface area contributed by atoms with Gasteiger partial charge in [-0.1, -0.05) is 37.1 Å². The van der Waals surface area contributed by atoms with Crippen molar-refractivity contribution in [3.63, 3.8) is 0 Å². The minimum atomic E-state index is -0.980. The van der Waals surface area contributed by atoms with Crippen molar-refractivity contribution < 1.29 is 23.9 Å². The van der Waals surface area contributed by atoms with Crippen LogP contribution in [0.15, 0.2) is 47.5 Å². The topological polar surface area (TPSA) is 99.1 Å². The molecule has 1 atom stereocenters. The monoisotopic (exact) mass is 527 g/mol. The highest BCUT2D eigenvalue weighted by atomic mass is 35.5. The molecule has 7 nitrogen and oxygen atoms in total. The Kier molecular flexibility index (Phi) is 7.97. The Hall–Kier alpha value is -3.26. The zero-order chi connectivity index (χ0) is 26.7. The average molecular weight is 528 g/mol. The number of carboxylic acid groups (broad SMARTS) is 1. The first-order valence-electron chi connectivity index (χ1n) is 12.6. The first-order valence-corrected chi connectivity index (χ1v) is 13.0. The Morgan fingerprint density at radius 3 is 2.49 bits per heavy atom. The summed E-state index contributed by atoms with van der Waals surface area (Å²) in [5, 5.41) is 11.3. The number of aliphatic carboxylic acids is 1. The summed E-state index contributed by atoms with van der Waals surface area (Å²) in [6.45, 7) is 4.17. The van der Waals surface area contributed by atoms with Crippen LogP contribution in [0.1, 0.15) is 79.9 Å². The minimum Gasteiger partial charge on any atom is -0.481 e. The second kappa shape index (κ2) is 11.0. The molecule has 0 aromatic heterocycles. The third-order valence-corrected chi connectivity index (χ3v) is 7.82. The van der Waals surface area contributed by atoms with Crippen molar-refractivity contribution in [2.45, 2.75) is 64.1 Å². The maximum absolute atomic E-state index is 13.8. The molecule has 1 saturated carbocycles. The summed E-state index contributed by atoms with van der Waals surface area (Å²) < 4.78 is 13.8. The predicted octanol–water partition coefficient (Wildman–Crippen LogP) is 5.37. The molecule has 1 fully saturated rings. The predicted molar refractivity (Wildman–Crippen MR) is 139 cm³/mol. The van der Waals surface area contributed by atoms with Crippen molar-refractivity contribution in [1.82, 2.24) is 10.2 Å². The summed E-state index contributed by atoms with van der Waals surface area (Å²) in [6.07, 6.45) is 4.33. The van der Waals surface area contributed by atoms with Gasteiger partial charge in [0.25, 0.3) is 11.8 Å². The molecule has 2 amide bonds. The fourth-order valence-electron chi connectivity index (χ4n) is 5.33. The van der Waals surface area contributed by atoms with Gasteiger partial charge in [0.05, 0.1) is 17.5 Å². The van der Waals surface area contributed by atoms with Crippen LogP contribution < -0.4 is 5.32 Å². The summed E-state index contributed by atoms with van der Waals surface area (Å²) in [4.78, 5) is 43.7. The molecule has 9 heteroatoms. The largest absolute Gasteiger partial charge is 0.481 e. The molecule has 4 rings (SSSR count). The molecule has 37 heavy (non-hydrogen) atoms. The van der Waals surface area contributed by atoms with E-state index in [4.69, 9.17) is 21.7 Å². The highest BCUT2D eigenvalue weighted by Crippen LogP contribution is 2.46. The van der Waals surface area contributed by atoms with Crippen LogP contribution in [-0.2, 0) is 9.59 Å². The Balaban J connectivity index is 1.60. The fraction of sp³-hybridized carbons (Fsp3) is 0.429. The Morgan fingerprint density at radius 2 is 1.89 bits per heavy atom. The van der Waals surface area contributed by atoms with Crippen molar-refractivity contribution in [2.24, 2.45) is 10.9 Å². The number of rotatable bonds is 8. The van der Waals surface area contributed by atoms with Crippen molar-refractivity contribution in [1.29, 1.82) is 0 Å². The van der Waals surface area contributed by atoms with E-state index in [0.717, 1.165) is 37.7 Å². The maximum Gasteiger partial charge on any atom is 0.305 e. The van der Waals surface area contributed by atoms with Crippen LogP contribution >= 0.6 is 11.6 Å². The van der Waals surface area contributed by atoms with E-state index in [-0.39, 0.29) is 41.6 Å². The number of hydrogen-bond acceptors (Lipinski definition) is 4. The molecular formula is C28H31ClFN3O4. The van der Waals surface area contributed by atoms with Gasteiger partial charge in [-0.15, -0.1) is 0 Å². The van der Waals surface area contributed by atoms with Crippen LogP contribution in [0.2, 0.25) is 5.02 Å². The molecule has 2 aliphatic rings. The Bertz CT molecular complexity index is 1220. The highest BCUT2D eigenvalue weighted by molar-refractivity contribution is 6.47. The summed E-state index contributed by atoms with van der Waals surface area (Å²) in [6, 6.07) is 10.9. The zero-order valence-corrected chi connectivity index (χ0v) is 21.7. The quantitative estimate of drug-likeness (QED) is 0.482. The van der Waals surface area contributed by atoms with Gasteiger partial charge in [-0.2, -0.15) is 0 Å². The number of amides is 2. The molecule has 0 saturated heterocycles. The van der Waals surface area contributed by atoms with E-state index in [1.807, 2.05) is 24.0 Å². The van der Waals surface area contributed by atoms with Gasteiger partial charge in [0.2, 0.25) is 0 Å². The molecule has 2 aromatic rings. The molecule has 2 N–H and O–H groups in total. The van der Waals surface area contributed by atoms with Gasteiger partial charge in [0, 0.05) is 17.7 Å². The van der Waals surface area contributed by atoms with E-state index < -0.39 is 17.4 Å². The first-order chi connectivity index (χ1) is 17.6. The number of carbonyl (C=O) groups is 3. The van der Waals surface area contributed by atoms with Crippen LogP contribution in [-0.4, -0.2) is 45.7 Å². The second-order valence-corrected chi connectivity index (χ2v) is 10.2. The molecule has 2 aromatic carbocycles. The van der Waals surface area contributed by atoms with Gasteiger partial charge in [-0.3, -0.25) is 19.4 Å². The smallest absolute Gasteiger partial charge is 0.305 e. The zero-order valence-electron chi connectivity index (χ0n) is 21.0. The van der Waals surface area contributed by atoms with E-state index in [1.165, 1.54) is 18.2 Å². The van der Waals surface area contributed by atoms with Gasteiger partial charge in [0.1, 0.15) is 17.2 Å². The van der Waals surface area contributed by atoms with Crippen molar-refractivity contribution in [3.8, 4) is 0 Å². The summed E-state index contributed by atoms with van der Waals surface area (Å²) in [5.74, 6) is -1.51. The van der Waals surface area contributed by atoms with Crippen molar-refractivity contribution >= 4 is 35.1 Å². The molecule has 1 spiro atoms. The molecule has 196 valence electrons. The van der Waals surface area contributed by atoms with E-state index in [0.29, 0.717) is 17.0 Å². The summed E-state index contributed by atoms with van der Waals surface area (Å²) in [7, 11) is 0. The van der Waals surface area contributed by atoms with Gasteiger partial charge >= 0.3 is 5.97 Å². The molecule has 1 heterocycles. The lowest BCUT2D eigenvalue weighted by atomic mass is 9.79. The SMILES string of the molecule is CCC1CCC2(CC1)N=C(c1ccc(F)c(Cl)c1)C(=O)N2C(C)c1ccc(C(=O)NCCC(=O)O)cc1. The molecule has 0 bridgehead atoms. The molecule has 0 radical (unpaired) electrons. The molecule has 1 aliphatic carbocycles. The summed E-state index contributed by atoms with van der Waals surface area (Å²) in [5.41, 5.74) is 1.35. The Morgan fingerprint density at radius 1 is 1.22 bits per heavy atom. The molecule has 1 aliphatic heterocycles. The Labute approximate surface area is 220 Å². The standard InChI is InChI=1S/C28H31ClFN3O4/c1-3-18-10-13-28(14-11-18)32-25(21-8-9-23(30)22(29)16-21)27(37)33(28)17(2)19-4-6-20(7-5-19)26(36)31-15-12-24(34)35/h4-9,16-18H,3,10-15H2,1-2H3,(H,31,36)(H,34,35). The van der Waals surface area contributed by atoms with Gasteiger partial charge in [-0.05, 0) is 74.4 Å². The van der Waals surface area contributed by atoms with Gasteiger partial charge in [0.15, 0.2) is 0 Å². The van der Waals surface area contributed by atoms with Crippen LogP contribution in [0.3, 0.4) is 0 Å². The minimum absolute atomic E-state index is 0.0450. The summed E-state index contributed by atoms with van der Waals surface area (Å²) >= 11 is 6.02. The van der Waals surface area contributed by atoms with Crippen molar-refractivity contribution in [3.05, 3.63) is 70.0 Å². The lowest BCUT2D eigenvalue weighted by molar-refractivity contribution is -0.137. The van der Waals surface area contributed by atoms with Crippen LogP contribution in [0.25, 0.3) is 0 Å². The fourth-order valence-corrected chi connectivity index (χ4v) is 5.51. The van der Waals surface area contributed by atoms with Gasteiger partial charge < -0.3 is 15.3 Å². The molecular weight excluding hydrogens is 497 g/mol. The number of hydrogen-bond donors (Lipinski definition) is 2. The maximum atomic E-state index is 13.8. The third-order valence-electron chi connectivity index (χ3n) is 7.53. The molecule has 1 unspecified atom stereocenters. The number of nitrogens with zero attached hydrogens (tertiary/aromatic N) is 2. The number of nitrogens with one attached hydrogen (secondary N) is 1. The van der Waals surface area contributed by atoms with Crippen LogP contribution in [0.4, 0.5) is 4.39 Å². The lowest BCUT2D eigenvalue weighted by Crippen LogP contribution is -2.50. The highest BCUT2D eigenvalue weighted by Gasteiger charge is 2.50. The average Bonchev–Trinajstić information content (AvgIpc) is 3.16. The third kappa shape index (κ3) is 5.54. The first kappa shape index (κ1) is 26.8. The van der Waals surface area contributed by atoms with E-state index >= 15 is 0 Å². The van der Waals surface area contributed by atoms with E-state index in [1.54, 1.807) is 12.1 Å². The van der Waals surface area contributed by atoms with Gasteiger partial charge in [-0.25, -0.2) is 4.39 Å². The van der Waals surface area contributed by atoms with Crippen molar-refractivity contribution in [2.75, 3.05) is 6.54 Å². The van der Waals surface area contributed by atoms with Crippen LogP contribution in [0, 0.1) is 11.7 Å². The number of carbonyl (C=O) groups excluding carboxylic acids is 2. The number of benzene rings is 2. The van der Waals surface area contributed by atoms with Crippen LogP contribution in [0.5, 0.6) is 0 Å². The lowest BCUT2D eigenvalue weighted by Gasteiger charge is -2.44. The second-order valence-electron chi connectivity index (χ2n) is 9.80. The van der Waals surface area contributed by atoms with E-state index in [2.05, 4.69) is 12.2 Å². The number of carboxylic acids is 1. The number of aliphatic imine (C=N–C) groups is 1. The number of halogens is 2.